The number of hydrogen-bond acceptors (Lipinski definition) is 3. The van der Waals surface area contributed by atoms with E-state index in [1.165, 1.54) is 0 Å². The Morgan fingerprint density at radius 3 is 2.63 bits per heavy atom. The van der Waals surface area contributed by atoms with Gasteiger partial charge >= 0.3 is 5.97 Å². The van der Waals surface area contributed by atoms with Gasteiger partial charge in [-0.3, -0.25) is 4.79 Å². The topological polar surface area (TPSA) is 92.4 Å². The maximum atomic E-state index is 11.9. The number of carboxylic acid groups (broad SMARTS) is 1. The fraction of sp³-hybridized carbons (Fsp3) is 0.429. The number of hydrogen-bond donors (Lipinski definition) is 3. The van der Waals surface area contributed by atoms with Gasteiger partial charge in [0.15, 0.2) is 0 Å². The number of carbonyl (C=O) groups excluding carboxylic acids is 1. The third-order valence-corrected chi connectivity index (χ3v) is 3.62. The molecule has 1 amide bonds. The quantitative estimate of drug-likeness (QED) is 0.772. The lowest BCUT2D eigenvalue weighted by molar-refractivity contribution is -0.118. The molecule has 4 N–H and O–H groups in total. The Morgan fingerprint density at radius 2 is 2.11 bits per heavy atom. The molecule has 1 aromatic rings. The second-order valence-corrected chi connectivity index (χ2v) is 5.24. The minimum atomic E-state index is -1.04. The minimum Gasteiger partial charge on any atom is -0.478 e. The number of nitrogens with one attached hydrogen (secondary N) is 1. The van der Waals surface area contributed by atoms with E-state index in [0.717, 1.165) is 19.3 Å². The van der Waals surface area contributed by atoms with Crippen molar-refractivity contribution in [3.63, 3.8) is 0 Å². The maximum Gasteiger partial charge on any atom is 0.338 e. The summed E-state index contributed by atoms with van der Waals surface area (Å²) in [6.45, 7) is 1.70. The Bertz CT molecular complexity index is 521. The molecule has 0 atom stereocenters. The largest absolute Gasteiger partial charge is 0.478 e. The number of anilines is 1. The molecule has 0 heterocycles. The van der Waals surface area contributed by atoms with Gasteiger partial charge < -0.3 is 16.2 Å². The molecular weight excluding hydrogens is 244 g/mol. The highest BCUT2D eigenvalue weighted by Crippen LogP contribution is 2.32. The van der Waals surface area contributed by atoms with Crippen LogP contribution < -0.4 is 11.1 Å². The molecule has 0 spiro atoms. The molecule has 5 nitrogen and oxygen atoms in total. The van der Waals surface area contributed by atoms with Crippen molar-refractivity contribution in [2.24, 2.45) is 5.73 Å². The van der Waals surface area contributed by atoms with Crippen LogP contribution in [-0.2, 0) is 4.79 Å². The van der Waals surface area contributed by atoms with Crippen LogP contribution in [-0.4, -0.2) is 22.5 Å². The van der Waals surface area contributed by atoms with Crippen molar-refractivity contribution >= 4 is 17.6 Å². The van der Waals surface area contributed by atoms with Crippen LogP contribution >= 0.6 is 0 Å². The minimum absolute atomic E-state index is 0.135. The van der Waals surface area contributed by atoms with Crippen molar-refractivity contribution in [3.05, 3.63) is 29.3 Å². The van der Waals surface area contributed by atoms with E-state index in [0.29, 0.717) is 11.3 Å². The Kier molecular flexibility index (Phi) is 3.57. The van der Waals surface area contributed by atoms with E-state index in [1.807, 2.05) is 0 Å². The molecule has 0 saturated heterocycles. The Labute approximate surface area is 111 Å². The van der Waals surface area contributed by atoms with Gasteiger partial charge in [0.25, 0.3) is 0 Å². The van der Waals surface area contributed by atoms with Gasteiger partial charge in [0.05, 0.1) is 11.3 Å². The van der Waals surface area contributed by atoms with Gasteiger partial charge in [-0.1, -0.05) is 12.1 Å². The van der Waals surface area contributed by atoms with Gasteiger partial charge in [0.1, 0.15) is 0 Å². The molecule has 0 bridgehead atoms. The summed E-state index contributed by atoms with van der Waals surface area (Å²) in [6, 6.07) is 5.02. The number of aromatic carboxylic acids is 1. The summed E-state index contributed by atoms with van der Waals surface area (Å²) in [5, 5.41) is 11.8. The van der Waals surface area contributed by atoms with Crippen molar-refractivity contribution in [1.82, 2.24) is 0 Å². The molecule has 1 aliphatic rings. The number of carbonyl (C=O) groups is 2. The smallest absolute Gasteiger partial charge is 0.338 e. The zero-order valence-corrected chi connectivity index (χ0v) is 10.9. The molecule has 102 valence electrons. The van der Waals surface area contributed by atoms with Crippen LogP contribution in [0.2, 0.25) is 0 Å². The molecule has 1 saturated carbocycles. The second-order valence-electron chi connectivity index (χ2n) is 5.24. The third-order valence-electron chi connectivity index (χ3n) is 3.62. The molecule has 2 rings (SSSR count). The first kappa shape index (κ1) is 13.5. The second kappa shape index (κ2) is 5.01. The zero-order valence-electron chi connectivity index (χ0n) is 10.9. The fourth-order valence-corrected chi connectivity index (χ4v) is 2.38. The highest BCUT2D eigenvalue weighted by atomic mass is 16.4. The first-order chi connectivity index (χ1) is 8.91. The van der Waals surface area contributed by atoms with E-state index in [9.17, 15) is 14.7 Å². The average molecular weight is 262 g/mol. The van der Waals surface area contributed by atoms with Crippen LogP contribution in [0.15, 0.2) is 18.2 Å². The standard InChI is InChI=1S/C14H18N2O3/c1-9-4-2-5-10(12(9)13(18)19)16-11(17)8-14(15)6-3-7-14/h2,4-5H,3,6-8,15H2,1H3,(H,16,17)(H,18,19). The van der Waals surface area contributed by atoms with E-state index in [4.69, 9.17) is 5.73 Å². The fourth-order valence-electron chi connectivity index (χ4n) is 2.38. The molecule has 1 aromatic carbocycles. The first-order valence-corrected chi connectivity index (χ1v) is 6.33. The zero-order chi connectivity index (χ0) is 14.0. The number of benzene rings is 1. The highest BCUT2D eigenvalue weighted by Gasteiger charge is 2.34. The van der Waals surface area contributed by atoms with E-state index >= 15 is 0 Å². The van der Waals surface area contributed by atoms with Crippen molar-refractivity contribution in [3.8, 4) is 0 Å². The van der Waals surface area contributed by atoms with Crippen LogP contribution in [0, 0.1) is 6.92 Å². The lowest BCUT2D eigenvalue weighted by atomic mass is 9.75. The van der Waals surface area contributed by atoms with Crippen molar-refractivity contribution in [2.75, 3.05) is 5.32 Å². The van der Waals surface area contributed by atoms with Gasteiger partial charge in [-0.25, -0.2) is 4.79 Å². The summed E-state index contributed by atoms with van der Waals surface area (Å²) >= 11 is 0. The molecular formula is C14H18N2O3. The predicted octanol–water partition coefficient (Wildman–Crippen LogP) is 1.90. The number of rotatable bonds is 4. The van der Waals surface area contributed by atoms with Crippen LogP contribution in [0.1, 0.15) is 41.6 Å². The monoisotopic (exact) mass is 262 g/mol. The Hall–Kier alpha value is -1.88. The van der Waals surface area contributed by atoms with E-state index in [2.05, 4.69) is 5.32 Å². The summed E-state index contributed by atoms with van der Waals surface area (Å²) in [4.78, 5) is 23.1. The molecule has 0 radical (unpaired) electrons. The SMILES string of the molecule is Cc1cccc(NC(=O)CC2(N)CCC2)c1C(=O)O. The van der Waals surface area contributed by atoms with Crippen LogP contribution in [0.25, 0.3) is 0 Å². The van der Waals surface area contributed by atoms with Crippen molar-refractivity contribution < 1.29 is 14.7 Å². The van der Waals surface area contributed by atoms with E-state index in [-0.39, 0.29) is 17.9 Å². The number of aryl methyl sites for hydroxylation is 1. The summed E-state index contributed by atoms with van der Waals surface area (Å²) in [6.07, 6.45) is 2.98. The van der Waals surface area contributed by atoms with E-state index < -0.39 is 11.5 Å². The molecule has 1 fully saturated rings. The van der Waals surface area contributed by atoms with Gasteiger partial charge in [-0.2, -0.15) is 0 Å². The summed E-state index contributed by atoms with van der Waals surface area (Å²) in [5.74, 6) is -1.27. The van der Waals surface area contributed by atoms with Crippen LogP contribution in [0.3, 0.4) is 0 Å². The molecule has 5 heteroatoms. The molecule has 0 unspecified atom stereocenters. The highest BCUT2D eigenvalue weighted by molar-refractivity contribution is 6.01. The van der Waals surface area contributed by atoms with Gasteiger partial charge in [-0.05, 0) is 37.8 Å². The Morgan fingerprint density at radius 1 is 1.42 bits per heavy atom. The number of amides is 1. The van der Waals surface area contributed by atoms with Crippen molar-refractivity contribution in [2.45, 2.75) is 38.1 Å². The number of nitrogens with two attached hydrogens (primary N) is 1. The van der Waals surface area contributed by atoms with Crippen molar-refractivity contribution in [1.29, 1.82) is 0 Å². The lowest BCUT2D eigenvalue weighted by Crippen LogP contribution is -2.49. The third kappa shape index (κ3) is 2.93. The van der Waals surface area contributed by atoms with Gasteiger partial charge in [-0.15, -0.1) is 0 Å². The molecule has 1 aliphatic carbocycles. The first-order valence-electron chi connectivity index (χ1n) is 6.33. The molecule has 19 heavy (non-hydrogen) atoms. The molecule has 0 aliphatic heterocycles. The summed E-state index contributed by atoms with van der Waals surface area (Å²) in [5.41, 5.74) is 6.69. The number of carboxylic acids is 1. The van der Waals surface area contributed by atoms with E-state index in [1.54, 1.807) is 25.1 Å². The average Bonchev–Trinajstić information content (AvgIpc) is 2.26. The Balaban J connectivity index is 2.12. The van der Waals surface area contributed by atoms with Crippen LogP contribution in [0.4, 0.5) is 5.69 Å². The molecule has 0 aromatic heterocycles. The predicted molar refractivity (Wildman–Crippen MR) is 72.2 cm³/mol. The van der Waals surface area contributed by atoms with Gasteiger partial charge in [0, 0.05) is 12.0 Å². The summed E-state index contributed by atoms with van der Waals surface area (Å²) < 4.78 is 0. The normalized spacial score (nSPS) is 16.5. The van der Waals surface area contributed by atoms with Gasteiger partial charge in [0.2, 0.25) is 5.91 Å². The maximum absolute atomic E-state index is 11.9. The van der Waals surface area contributed by atoms with Crippen LogP contribution in [0.5, 0.6) is 0 Å². The summed E-state index contributed by atoms with van der Waals surface area (Å²) in [7, 11) is 0. The lowest BCUT2D eigenvalue weighted by Gasteiger charge is -2.37.